The van der Waals surface area contributed by atoms with Gasteiger partial charge in [-0.2, -0.15) is 0 Å². The van der Waals surface area contributed by atoms with E-state index in [2.05, 4.69) is 63.3 Å². The maximum Gasteiger partial charge on any atom is 0.0529 e. The highest BCUT2D eigenvalue weighted by molar-refractivity contribution is 5.14. The molecule has 0 bridgehead atoms. The fourth-order valence-electron chi connectivity index (χ4n) is 2.30. The van der Waals surface area contributed by atoms with E-state index in [1.807, 2.05) is 0 Å². The zero-order chi connectivity index (χ0) is 14.8. The van der Waals surface area contributed by atoms with Gasteiger partial charge in [0.05, 0.1) is 6.61 Å². The van der Waals surface area contributed by atoms with Gasteiger partial charge < -0.3 is 10.1 Å². The van der Waals surface area contributed by atoms with E-state index in [9.17, 15) is 0 Å². The first-order valence-electron chi connectivity index (χ1n) is 7.86. The monoisotopic (exact) mass is 277 g/mol. The Bertz CT molecular complexity index is 348. The van der Waals surface area contributed by atoms with E-state index in [0.29, 0.717) is 5.92 Å². The van der Waals surface area contributed by atoms with Gasteiger partial charge in [-0.15, -0.1) is 0 Å². The van der Waals surface area contributed by atoms with Crippen LogP contribution in [0, 0.1) is 11.3 Å². The van der Waals surface area contributed by atoms with Crippen molar-refractivity contribution in [3.8, 4) is 0 Å². The van der Waals surface area contributed by atoms with E-state index in [0.717, 1.165) is 26.3 Å². The minimum absolute atomic E-state index is 0.181. The molecule has 2 nitrogen and oxygen atoms in total. The Kier molecular flexibility index (Phi) is 7.86. The van der Waals surface area contributed by atoms with Gasteiger partial charge in [0.25, 0.3) is 0 Å². The number of rotatable bonds is 10. The molecule has 1 N–H and O–H groups in total. The Labute approximate surface area is 124 Å². The molecule has 0 spiro atoms. The van der Waals surface area contributed by atoms with E-state index in [1.54, 1.807) is 0 Å². The van der Waals surface area contributed by atoms with Gasteiger partial charge in [-0.25, -0.2) is 0 Å². The van der Waals surface area contributed by atoms with E-state index in [-0.39, 0.29) is 5.41 Å². The number of hydrogen-bond donors (Lipinski definition) is 1. The van der Waals surface area contributed by atoms with Gasteiger partial charge >= 0.3 is 0 Å². The number of ether oxygens (including phenoxy) is 1. The molecule has 1 aromatic carbocycles. The molecule has 1 unspecified atom stereocenters. The molecule has 0 amide bonds. The number of benzene rings is 1. The van der Waals surface area contributed by atoms with Gasteiger partial charge in [0.2, 0.25) is 0 Å². The lowest BCUT2D eigenvalue weighted by atomic mass is 9.94. The largest absolute Gasteiger partial charge is 0.381 e. The van der Waals surface area contributed by atoms with Crippen LogP contribution in [0.15, 0.2) is 30.3 Å². The molecule has 0 saturated carbocycles. The Morgan fingerprint density at radius 1 is 1.20 bits per heavy atom. The first-order chi connectivity index (χ1) is 9.53. The molecule has 0 aliphatic rings. The average molecular weight is 277 g/mol. The molecule has 0 fully saturated rings. The third kappa shape index (κ3) is 7.66. The summed E-state index contributed by atoms with van der Waals surface area (Å²) in [6, 6.07) is 10.5. The molecule has 1 rings (SSSR count). The average Bonchev–Trinajstić information content (AvgIpc) is 2.40. The van der Waals surface area contributed by atoms with Crippen LogP contribution in [0.3, 0.4) is 0 Å². The summed E-state index contributed by atoms with van der Waals surface area (Å²) in [6.07, 6.45) is 2.50. The van der Waals surface area contributed by atoms with E-state index >= 15 is 0 Å². The van der Waals surface area contributed by atoms with Crippen LogP contribution in [-0.4, -0.2) is 19.8 Å². The molecule has 0 saturated heterocycles. The van der Waals surface area contributed by atoms with Crippen molar-refractivity contribution < 1.29 is 4.74 Å². The van der Waals surface area contributed by atoms with Crippen LogP contribution >= 0.6 is 0 Å². The molecule has 1 aromatic rings. The standard InChI is InChI=1S/C18H31NO/c1-5-9-16(2)13-20-15-18(3,4)14-19-12-17-10-7-6-8-11-17/h6-8,10-11,16,19H,5,9,12-15H2,1-4H3. The molecule has 0 aromatic heterocycles. The van der Waals surface area contributed by atoms with Crippen molar-refractivity contribution in [1.29, 1.82) is 0 Å². The first kappa shape index (κ1) is 17.2. The summed E-state index contributed by atoms with van der Waals surface area (Å²) in [5, 5.41) is 3.53. The van der Waals surface area contributed by atoms with Crippen molar-refractivity contribution in [2.45, 2.75) is 47.1 Å². The summed E-state index contributed by atoms with van der Waals surface area (Å²) in [5.74, 6) is 0.674. The predicted molar refractivity (Wildman–Crippen MR) is 86.8 cm³/mol. The van der Waals surface area contributed by atoms with Gasteiger partial charge in [-0.05, 0) is 17.9 Å². The van der Waals surface area contributed by atoms with Crippen molar-refractivity contribution in [1.82, 2.24) is 5.32 Å². The molecular formula is C18H31NO. The van der Waals surface area contributed by atoms with Crippen LogP contribution in [0.25, 0.3) is 0 Å². The molecule has 20 heavy (non-hydrogen) atoms. The first-order valence-corrected chi connectivity index (χ1v) is 7.86. The van der Waals surface area contributed by atoms with Gasteiger partial charge in [-0.3, -0.25) is 0 Å². The Balaban J connectivity index is 2.17. The predicted octanol–water partition coefficient (Wildman–Crippen LogP) is 4.26. The van der Waals surface area contributed by atoms with Crippen molar-refractivity contribution in [2.24, 2.45) is 11.3 Å². The van der Waals surface area contributed by atoms with Crippen molar-refractivity contribution >= 4 is 0 Å². The highest BCUT2D eigenvalue weighted by Crippen LogP contribution is 2.16. The van der Waals surface area contributed by atoms with Crippen molar-refractivity contribution in [2.75, 3.05) is 19.8 Å². The normalized spacial score (nSPS) is 13.4. The number of nitrogens with one attached hydrogen (secondary N) is 1. The lowest BCUT2D eigenvalue weighted by molar-refractivity contribution is 0.0417. The Morgan fingerprint density at radius 2 is 1.90 bits per heavy atom. The van der Waals surface area contributed by atoms with E-state index in [4.69, 9.17) is 4.74 Å². The van der Waals surface area contributed by atoms with Gasteiger partial charge in [-0.1, -0.05) is 64.4 Å². The van der Waals surface area contributed by atoms with Crippen molar-refractivity contribution in [3.63, 3.8) is 0 Å². The summed E-state index contributed by atoms with van der Waals surface area (Å²) in [7, 11) is 0. The molecule has 0 radical (unpaired) electrons. The minimum Gasteiger partial charge on any atom is -0.381 e. The fraction of sp³-hybridized carbons (Fsp3) is 0.667. The van der Waals surface area contributed by atoms with E-state index in [1.165, 1.54) is 18.4 Å². The quantitative estimate of drug-likeness (QED) is 0.690. The summed E-state index contributed by atoms with van der Waals surface area (Å²) in [6.45, 7) is 12.6. The third-order valence-corrected chi connectivity index (χ3v) is 3.45. The van der Waals surface area contributed by atoms with Crippen LogP contribution in [0.5, 0.6) is 0 Å². The lowest BCUT2D eigenvalue weighted by Crippen LogP contribution is -2.33. The second-order valence-electron chi connectivity index (χ2n) is 6.66. The maximum absolute atomic E-state index is 5.88. The summed E-state index contributed by atoms with van der Waals surface area (Å²) in [5.41, 5.74) is 1.52. The minimum atomic E-state index is 0.181. The highest BCUT2D eigenvalue weighted by Gasteiger charge is 2.18. The molecule has 2 heteroatoms. The highest BCUT2D eigenvalue weighted by atomic mass is 16.5. The molecule has 1 atom stereocenters. The Morgan fingerprint density at radius 3 is 2.55 bits per heavy atom. The van der Waals surface area contributed by atoms with Crippen LogP contribution in [0.4, 0.5) is 0 Å². The zero-order valence-electron chi connectivity index (χ0n) is 13.6. The van der Waals surface area contributed by atoms with Gasteiger partial charge in [0.15, 0.2) is 0 Å². The van der Waals surface area contributed by atoms with E-state index < -0.39 is 0 Å². The van der Waals surface area contributed by atoms with Crippen LogP contribution in [0.1, 0.15) is 46.1 Å². The zero-order valence-corrected chi connectivity index (χ0v) is 13.6. The summed E-state index contributed by atoms with van der Waals surface area (Å²) >= 11 is 0. The smallest absolute Gasteiger partial charge is 0.0529 e. The van der Waals surface area contributed by atoms with Gasteiger partial charge in [0, 0.05) is 25.1 Å². The third-order valence-electron chi connectivity index (χ3n) is 3.45. The fourth-order valence-corrected chi connectivity index (χ4v) is 2.30. The van der Waals surface area contributed by atoms with Crippen LogP contribution in [0.2, 0.25) is 0 Å². The molecule has 0 aliphatic heterocycles. The maximum atomic E-state index is 5.88. The topological polar surface area (TPSA) is 21.3 Å². The second kappa shape index (κ2) is 9.15. The Hall–Kier alpha value is -0.860. The van der Waals surface area contributed by atoms with Crippen molar-refractivity contribution in [3.05, 3.63) is 35.9 Å². The molecule has 114 valence electrons. The molecular weight excluding hydrogens is 246 g/mol. The van der Waals surface area contributed by atoms with Gasteiger partial charge in [0.1, 0.15) is 0 Å². The van der Waals surface area contributed by atoms with Crippen LogP contribution in [-0.2, 0) is 11.3 Å². The summed E-state index contributed by atoms with van der Waals surface area (Å²) < 4.78 is 5.88. The summed E-state index contributed by atoms with van der Waals surface area (Å²) in [4.78, 5) is 0. The second-order valence-corrected chi connectivity index (χ2v) is 6.66. The molecule has 0 heterocycles. The number of hydrogen-bond acceptors (Lipinski definition) is 2. The van der Waals surface area contributed by atoms with Crippen LogP contribution < -0.4 is 5.32 Å². The molecule has 0 aliphatic carbocycles. The SMILES string of the molecule is CCCC(C)COCC(C)(C)CNCc1ccccc1. The lowest BCUT2D eigenvalue weighted by Gasteiger charge is -2.26.